The maximum absolute atomic E-state index is 12.5. The molecule has 0 aromatic heterocycles. The number of carboxylic acids is 1. The van der Waals surface area contributed by atoms with E-state index >= 15 is 0 Å². The number of hydrogen-bond donors (Lipinski definition) is 3. The van der Waals surface area contributed by atoms with Gasteiger partial charge >= 0.3 is 18.0 Å². The molecule has 216 valence electrons. The summed E-state index contributed by atoms with van der Waals surface area (Å²) in [6.45, 7) is 10.1. The minimum atomic E-state index is -1.35. The van der Waals surface area contributed by atoms with Crippen molar-refractivity contribution in [3.63, 3.8) is 0 Å². The van der Waals surface area contributed by atoms with Gasteiger partial charge in [-0.3, -0.25) is 9.59 Å². The zero-order chi connectivity index (χ0) is 28.9. The van der Waals surface area contributed by atoms with Gasteiger partial charge in [0.05, 0.1) is 31.2 Å². The van der Waals surface area contributed by atoms with Gasteiger partial charge in [0.2, 0.25) is 0 Å². The number of allylic oxidation sites excluding steroid dienone is 2. The number of aliphatic carboxylic acids is 1. The third kappa shape index (κ3) is 12.3. The van der Waals surface area contributed by atoms with Crippen molar-refractivity contribution in [3.05, 3.63) is 36.0 Å². The number of amides is 1. The molecular weight excluding hydrogens is 490 g/mol. The topological polar surface area (TPSA) is 134 Å². The molecule has 9 heteroatoms. The fourth-order valence-corrected chi connectivity index (χ4v) is 4.18. The number of cyclic esters (lactones) is 1. The van der Waals surface area contributed by atoms with Gasteiger partial charge in [0.25, 0.3) is 0 Å². The van der Waals surface area contributed by atoms with Crippen LogP contribution in [0.5, 0.6) is 0 Å². The van der Waals surface area contributed by atoms with Crippen molar-refractivity contribution in [2.24, 2.45) is 17.8 Å². The number of esters is 1. The van der Waals surface area contributed by atoms with Gasteiger partial charge < -0.3 is 29.7 Å². The molecule has 38 heavy (non-hydrogen) atoms. The minimum absolute atomic E-state index is 0.0343. The Labute approximate surface area is 227 Å². The SMILES string of the molecule is CCCCN(C)C(=O)OC[C@@H](C)/C=C/C=C(\C)[C@H]1OC(=O)C[C@@H](O)CC[C@](C)(O)[C@H](CC(=O)O)/C=C/[C@@H]1C. The number of unbranched alkanes of at least 4 members (excludes halogenated alkanes) is 1. The number of aliphatic hydroxyl groups is 2. The Hall–Kier alpha value is -2.65. The standard InChI is InChI=1S/C29H47NO8/c1-7-8-16-30(6)28(35)37-19-20(2)10-9-11-21(3)27-22(4)12-13-23(17-25(32)33)29(5,36)15-14-24(31)18-26(34)38-27/h9-13,20,22-24,27,31,36H,7-8,14-19H2,1-6H3,(H,32,33)/b10-9+,13-12+,21-11+/t20-,22-,23-,24-,27+,29-/m0/s1. The normalized spacial score (nSPS) is 29.1. The molecule has 1 amide bonds. The van der Waals surface area contributed by atoms with Gasteiger partial charge in [0, 0.05) is 31.3 Å². The number of rotatable bonds is 10. The van der Waals surface area contributed by atoms with Crippen LogP contribution in [0.4, 0.5) is 4.79 Å². The number of hydrogen-bond acceptors (Lipinski definition) is 7. The summed E-state index contributed by atoms with van der Waals surface area (Å²) in [7, 11) is 1.72. The van der Waals surface area contributed by atoms with Crippen molar-refractivity contribution >= 4 is 18.0 Å². The summed E-state index contributed by atoms with van der Waals surface area (Å²) in [6, 6.07) is 0. The van der Waals surface area contributed by atoms with Crippen molar-refractivity contribution in [1.82, 2.24) is 4.90 Å². The summed E-state index contributed by atoms with van der Waals surface area (Å²) in [5.41, 5.74) is -0.602. The molecular formula is C29H47NO8. The predicted molar refractivity (Wildman–Crippen MR) is 145 cm³/mol. The smallest absolute Gasteiger partial charge is 0.409 e. The van der Waals surface area contributed by atoms with Crippen LogP contribution in [0.3, 0.4) is 0 Å². The number of carboxylic acid groups (broad SMARTS) is 1. The van der Waals surface area contributed by atoms with E-state index in [-0.39, 0.29) is 50.2 Å². The highest BCUT2D eigenvalue weighted by Crippen LogP contribution is 2.30. The van der Waals surface area contributed by atoms with Gasteiger partial charge in [0.1, 0.15) is 6.10 Å². The predicted octanol–water partition coefficient (Wildman–Crippen LogP) is 4.48. The number of ether oxygens (including phenoxy) is 2. The number of carbonyl (C=O) groups is 3. The average Bonchev–Trinajstić information content (AvgIpc) is 2.84. The summed E-state index contributed by atoms with van der Waals surface area (Å²) >= 11 is 0. The molecule has 0 fully saturated rings. The van der Waals surface area contributed by atoms with Crippen LogP contribution in [-0.2, 0) is 19.1 Å². The summed E-state index contributed by atoms with van der Waals surface area (Å²) in [4.78, 5) is 37.6. The second kappa shape index (κ2) is 16.3. The van der Waals surface area contributed by atoms with E-state index in [0.29, 0.717) is 6.54 Å². The van der Waals surface area contributed by atoms with Crippen molar-refractivity contribution in [2.75, 3.05) is 20.2 Å². The van der Waals surface area contributed by atoms with Gasteiger partial charge in [-0.05, 0) is 38.7 Å². The maximum atomic E-state index is 12.5. The molecule has 0 aromatic rings. The third-order valence-electron chi connectivity index (χ3n) is 6.84. The highest BCUT2D eigenvalue weighted by atomic mass is 16.6. The molecule has 1 heterocycles. The first kappa shape index (κ1) is 33.4. The van der Waals surface area contributed by atoms with E-state index in [9.17, 15) is 29.7 Å². The van der Waals surface area contributed by atoms with E-state index in [1.807, 2.05) is 39.0 Å². The molecule has 6 atom stereocenters. The Kier molecular flexibility index (Phi) is 14.4. The number of aliphatic hydroxyl groups excluding tert-OH is 1. The van der Waals surface area contributed by atoms with Crippen molar-refractivity contribution in [3.8, 4) is 0 Å². The largest absolute Gasteiger partial charge is 0.481 e. The summed E-state index contributed by atoms with van der Waals surface area (Å²) in [5.74, 6) is -2.59. The lowest BCUT2D eigenvalue weighted by molar-refractivity contribution is -0.151. The molecule has 0 aromatic carbocycles. The molecule has 9 nitrogen and oxygen atoms in total. The second-order valence-corrected chi connectivity index (χ2v) is 10.7. The molecule has 0 saturated carbocycles. The van der Waals surface area contributed by atoms with Gasteiger partial charge in [-0.15, -0.1) is 0 Å². The Bertz CT molecular complexity index is 863. The van der Waals surface area contributed by atoms with Crippen LogP contribution in [0.1, 0.15) is 73.1 Å². The van der Waals surface area contributed by atoms with Crippen molar-refractivity contribution in [1.29, 1.82) is 0 Å². The maximum Gasteiger partial charge on any atom is 0.409 e. The van der Waals surface area contributed by atoms with Crippen molar-refractivity contribution in [2.45, 2.75) is 91.0 Å². The summed E-state index contributed by atoms with van der Waals surface area (Å²) in [6.07, 6.45) is 8.70. The van der Waals surface area contributed by atoms with Crippen LogP contribution in [0.25, 0.3) is 0 Å². The van der Waals surface area contributed by atoms with Gasteiger partial charge in [-0.1, -0.05) is 57.6 Å². The Balaban J connectivity index is 2.99. The summed E-state index contributed by atoms with van der Waals surface area (Å²) in [5, 5.41) is 30.6. The van der Waals surface area contributed by atoms with E-state index in [1.54, 1.807) is 31.0 Å². The zero-order valence-electron chi connectivity index (χ0n) is 23.8. The fourth-order valence-electron chi connectivity index (χ4n) is 4.18. The molecule has 0 unspecified atom stereocenters. The fraction of sp³-hybridized carbons (Fsp3) is 0.690. The summed E-state index contributed by atoms with van der Waals surface area (Å²) < 4.78 is 11.1. The monoisotopic (exact) mass is 537 g/mol. The Morgan fingerprint density at radius 2 is 2.03 bits per heavy atom. The highest BCUT2D eigenvalue weighted by molar-refractivity contribution is 5.70. The first-order valence-electron chi connectivity index (χ1n) is 13.5. The van der Waals surface area contributed by atoms with Crippen LogP contribution in [0.15, 0.2) is 36.0 Å². The number of carbonyl (C=O) groups excluding carboxylic acids is 2. The number of nitrogens with zero attached hydrogens (tertiary/aromatic N) is 1. The van der Waals surface area contributed by atoms with Crippen LogP contribution in [0.2, 0.25) is 0 Å². The van der Waals surface area contributed by atoms with Crippen LogP contribution in [-0.4, -0.2) is 76.3 Å². The van der Waals surface area contributed by atoms with Crippen LogP contribution < -0.4 is 0 Å². The molecule has 1 aliphatic heterocycles. The molecule has 0 saturated heterocycles. The highest BCUT2D eigenvalue weighted by Gasteiger charge is 2.34. The first-order valence-corrected chi connectivity index (χ1v) is 13.5. The quantitative estimate of drug-likeness (QED) is 0.211. The third-order valence-corrected chi connectivity index (χ3v) is 6.84. The molecule has 0 radical (unpaired) electrons. The lowest BCUT2D eigenvalue weighted by Gasteiger charge is -2.32. The molecule has 0 aliphatic carbocycles. The lowest BCUT2D eigenvalue weighted by atomic mass is 9.80. The van der Waals surface area contributed by atoms with Gasteiger partial charge in [-0.25, -0.2) is 4.79 Å². The zero-order valence-corrected chi connectivity index (χ0v) is 23.8. The van der Waals surface area contributed by atoms with Crippen LogP contribution in [0, 0.1) is 17.8 Å². The molecule has 0 spiro atoms. The molecule has 3 N–H and O–H groups in total. The minimum Gasteiger partial charge on any atom is -0.481 e. The second-order valence-electron chi connectivity index (χ2n) is 10.7. The van der Waals surface area contributed by atoms with Crippen molar-refractivity contribution < 1.29 is 39.2 Å². The van der Waals surface area contributed by atoms with Crippen LogP contribution >= 0.6 is 0 Å². The van der Waals surface area contributed by atoms with Gasteiger partial charge in [0.15, 0.2) is 0 Å². The Morgan fingerprint density at radius 3 is 2.66 bits per heavy atom. The Morgan fingerprint density at radius 1 is 1.34 bits per heavy atom. The average molecular weight is 538 g/mol. The molecule has 0 bridgehead atoms. The van der Waals surface area contributed by atoms with E-state index < -0.39 is 35.7 Å². The van der Waals surface area contributed by atoms with E-state index in [2.05, 4.69) is 6.92 Å². The molecule has 1 aliphatic rings. The van der Waals surface area contributed by atoms with E-state index in [0.717, 1.165) is 18.4 Å². The van der Waals surface area contributed by atoms with Gasteiger partial charge in [-0.2, -0.15) is 0 Å². The molecule has 1 rings (SSSR count). The van der Waals surface area contributed by atoms with E-state index in [1.165, 1.54) is 0 Å². The lowest BCUT2D eigenvalue weighted by Crippen LogP contribution is -2.37. The first-order chi connectivity index (χ1) is 17.8. The van der Waals surface area contributed by atoms with E-state index in [4.69, 9.17) is 9.47 Å².